The quantitative estimate of drug-likeness (QED) is 0.636. The first-order chi connectivity index (χ1) is 11.8. The molecular weight excluding hydrogens is 348 g/mol. The Kier molecular flexibility index (Phi) is 7.50. The van der Waals surface area contributed by atoms with Crippen molar-refractivity contribution in [1.82, 2.24) is 10.3 Å². The van der Waals surface area contributed by atoms with Gasteiger partial charge in [-0.2, -0.15) is 13.5 Å². The van der Waals surface area contributed by atoms with Crippen LogP contribution >= 0.6 is 24.8 Å². The van der Waals surface area contributed by atoms with Crippen molar-refractivity contribution in [3.63, 3.8) is 0 Å². The standard InChI is InChI=1S/C20H22N2OS.H2S/c1-15-8-9-17(14-22-15)16-5-3-6-18(13-16)23-19(10-11-21-2)20-7-4-12-24-20;/h3-9,12-14,19,21H,10-11H2,1-2H3;1H2/t19-;/m0./s1. The highest BCUT2D eigenvalue weighted by molar-refractivity contribution is 7.59. The van der Waals surface area contributed by atoms with Crippen LogP contribution in [0.15, 0.2) is 60.1 Å². The van der Waals surface area contributed by atoms with Gasteiger partial charge in [0.25, 0.3) is 0 Å². The molecule has 3 rings (SSSR count). The van der Waals surface area contributed by atoms with E-state index in [0.29, 0.717) is 0 Å². The molecule has 0 aliphatic carbocycles. The number of ether oxygens (including phenoxy) is 1. The highest BCUT2D eigenvalue weighted by atomic mass is 32.1. The zero-order chi connectivity index (χ0) is 16.8. The fraction of sp³-hybridized carbons (Fsp3) is 0.250. The van der Waals surface area contributed by atoms with Crippen molar-refractivity contribution in [3.8, 4) is 16.9 Å². The summed E-state index contributed by atoms with van der Waals surface area (Å²) < 4.78 is 6.30. The van der Waals surface area contributed by atoms with Gasteiger partial charge in [-0.05, 0) is 55.7 Å². The minimum absolute atomic E-state index is 0. The predicted molar refractivity (Wildman–Crippen MR) is 111 cm³/mol. The van der Waals surface area contributed by atoms with E-state index in [4.69, 9.17) is 4.74 Å². The molecule has 0 amide bonds. The number of hydrogen-bond donors (Lipinski definition) is 1. The average Bonchev–Trinajstić information content (AvgIpc) is 3.14. The molecular formula is C20H24N2OS2. The second-order valence-corrected chi connectivity index (χ2v) is 6.71. The first-order valence-corrected chi connectivity index (χ1v) is 9.02. The van der Waals surface area contributed by atoms with Crippen LogP contribution in [0.1, 0.15) is 23.1 Å². The molecule has 2 heterocycles. The van der Waals surface area contributed by atoms with E-state index in [1.165, 1.54) is 4.88 Å². The van der Waals surface area contributed by atoms with Gasteiger partial charge in [0, 0.05) is 28.8 Å². The van der Waals surface area contributed by atoms with Crippen LogP contribution in [0, 0.1) is 6.92 Å². The van der Waals surface area contributed by atoms with Gasteiger partial charge >= 0.3 is 0 Å². The zero-order valence-corrected chi connectivity index (χ0v) is 16.3. The highest BCUT2D eigenvalue weighted by Crippen LogP contribution is 2.30. The normalized spacial score (nSPS) is 11.6. The Balaban J connectivity index is 0.00000225. The second kappa shape index (κ2) is 9.61. The lowest BCUT2D eigenvalue weighted by molar-refractivity contribution is 0.199. The Bertz CT molecular complexity index is 758. The Morgan fingerprint density at radius 3 is 2.68 bits per heavy atom. The van der Waals surface area contributed by atoms with Crippen LogP contribution in [-0.2, 0) is 0 Å². The smallest absolute Gasteiger partial charge is 0.134 e. The highest BCUT2D eigenvalue weighted by Gasteiger charge is 2.14. The first-order valence-electron chi connectivity index (χ1n) is 8.14. The molecule has 0 saturated heterocycles. The summed E-state index contributed by atoms with van der Waals surface area (Å²) in [5.41, 5.74) is 3.25. The van der Waals surface area contributed by atoms with Crippen LogP contribution < -0.4 is 10.1 Å². The number of nitrogens with one attached hydrogen (secondary N) is 1. The third kappa shape index (κ3) is 5.33. The van der Waals surface area contributed by atoms with E-state index in [2.05, 4.69) is 46.0 Å². The fourth-order valence-corrected chi connectivity index (χ4v) is 3.35. The third-order valence-electron chi connectivity index (χ3n) is 3.87. The molecule has 1 aromatic carbocycles. The summed E-state index contributed by atoms with van der Waals surface area (Å²) in [6.07, 6.45) is 2.92. The summed E-state index contributed by atoms with van der Waals surface area (Å²) in [4.78, 5) is 5.64. The Morgan fingerprint density at radius 1 is 1.12 bits per heavy atom. The predicted octanol–water partition coefficient (Wildman–Crippen LogP) is 4.96. The van der Waals surface area contributed by atoms with E-state index in [1.54, 1.807) is 11.3 Å². The topological polar surface area (TPSA) is 34.1 Å². The van der Waals surface area contributed by atoms with Gasteiger partial charge in [-0.3, -0.25) is 4.98 Å². The molecule has 0 radical (unpaired) electrons. The van der Waals surface area contributed by atoms with Crippen LogP contribution in [0.25, 0.3) is 11.1 Å². The summed E-state index contributed by atoms with van der Waals surface area (Å²) in [7, 11) is 1.97. The molecule has 0 bridgehead atoms. The number of nitrogens with zero attached hydrogens (tertiary/aromatic N) is 1. The number of hydrogen-bond acceptors (Lipinski definition) is 4. The number of rotatable bonds is 7. The van der Waals surface area contributed by atoms with E-state index >= 15 is 0 Å². The average molecular weight is 373 g/mol. The summed E-state index contributed by atoms with van der Waals surface area (Å²) in [5.74, 6) is 0.891. The monoisotopic (exact) mass is 372 g/mol. The molecule has 1 N–H and O–H groups in total. The number of benzene rings is 1. The van der Waals surface area contributed by atoms with Gasteiger partial charge in [-0.1, -0.05) is 24.3 Å². The Labute approximate surface area is 160 Å². The van der Waals surface area contributed by atoms with Gasteiger partial charge in [0.15, 0.2) is 0 Å². The molecule has 3 nitrogen and oxygen atoms in total. The molecule has 5 heteroatoms. The van der Waals surface area contributed by atoms with Crippen molar-refractivity contribution in [2.24, 2.45) is 0 Å². The molecule has 0 aliphatic rings. The zero-order valence-electron chi connectivity index (χ0n) is 14.5. The lowest BCUT2D eigenvalue weighted by Gasteiger charge is -2.18. The van der Waals surface area contributed by atoms with Crippen molar-refractivity contribution in [3.05, 3.63) is 70.7 Å². The molecule has 0 spiro atoms. The van der Waals surface area contributed by atoms with E-state index in [-0.39, 0.29) is 19.6 Å². The lowest BCUT2D eigenvalue weighted by Crippen LogP contribution is -2.15. The van der Waals surface area contributed by atoms with Crippen LogP contribution in [0.2, 0.25) is 0 Å². The second-order valence-electron chi connectivity index (χ2n) is 5.73. The Morgan fingerprint density at radius 2 is 2.00 bits per heavy atom. The first kappa shape index (κ1) is 19.5. The van der Waals surface area contributed by atoms with Crippen LogP contribution in [0.4, 0.5) is 0 Å². The van der Waals surface area contributed by atoms with Crippen molar-refractivity contribution >= 4 is 24.8 Å². The maximum absolute atomic E-state index is 6.30. The molecule has 1 atom stereocenters. The van der Waals surface area contributed by atoms with Gasteiger partial charge in [-0.25, -0.2) is 0 Å². The minimum atomic E-state index is 0. The van der Waals surface area contributed by atoms with Crippen LogP contribution in [-0.4, -0.2) is 18.6 Å². The number of aromatic nitrogens is 1. The number of thiophene rings is 1. The molecule has 0 saturated carbocycles. The molecule has 0 fully saturated rings. The molecule has 3 aromatic rings. The minimum Gasteiger partial charge on any atom is -0.485 e. The summed E-state index contributed by atoms with van der Waals surface area (Å²) in [5, 5.41) is 5.30. The number of pyridine rings is 1. The van der Waals surface area contributed by atoms with E-state index < -0.39 is 0 Å². The van der Waals surface area contributed by atoms with Crippen LogP contribution in [0.5, 0.6) is 5.75 Å². The maximum atomic E-state index is 6.30. The molecule has 2 aromatic heterocycles. The largest absolute Gasteiger partial charge is 0.485 e. The maximum Gasteiger partial charge on any atom is 0.134 e. The van der Waals surface area contributed by atoms with Crippen LogP contribution in [0.3, 0.4) is 0 Å². The van der Waals surface area contributed by atoms with Gasteiger partial charge in [0.05, 0.1) is 0 Å². The van der Waals surface area contributed by atoms with Crippen molar-refractivity contribution in [2.45, 2.75) is 19.4 Å². The molecule has 25 heavy (non-hydrogen) atoms. The van der Waals surface area contributed by atoms with Gasteiger partial charge in [-0.15, -0.1) is 11.3 Å². The summed E-state index contributed by atoms with van der Waals surface area (Å²) >= 11 is 1.74. The van der Waals surface area contributed by atoms with Gasteiger partial charge < -0.3 is 10.1 Å². The van der Waals surface area contributed by atoms with Gasteiger partial charge in [0.1, 0.15) is 11.9 Å². The molecule has 0 aliphatic heterocycles. The molecule has 0 unspecified atom stereocenters. The van der Waals surface area contributed by atoms with Gasteiger partial charge in [0.2, 0.25) is 0 Å². The number of aryl methyl sites for hydroxylation is 1. The molecule has 132 valence electrons. The van der Waals surface area contributed by atoms with Crippen molar-refractivity contribution < 1.29 is 4.74 Å². The fourth-order valence-electron chi connectivity index (χ4n) is 2.56. The Hall–Kier alpha value is -1.82. The van der Waals surface area contributed by atoms with Crippen molar-refractivity contribution in [2.75, 3.05) is 13.6 Å². The SMILES string of the molecule is CNCC[C@H](Oc1cccc(-c2ccc(C)nc2)c1)c1cccs1.S. The van der Waals surface area contributed by atoms with E-state index in [9.17, 15) is 0 Å². The van der Waals surface area contributed by atoms with E-state index in [1.807, 2.05) is 38.4 Å². The van der Waals surface area contributed by atoms with Crippen molar-refractivity contribution in [1.29, 1.82) is 0 Å². The third-order valence-corrected chi connectivity index (χ3v) is 4.84. The lowest BCUT2D eigenvalue weighted by atomic mass is 10.1. The summed E-state index contributed by atoms with van der Waals surface area (Å²) in [6, 6.07) is 16.6. The van der Waals surface area contributed by atoms with E-state index in [0.717, 1.165) is 35.5 Å². The summed E-state index contributed by atoms with van der Waals surface area (Å²) in [6.45, 7) is 2.92.